The topological polar surface area (TPSA) is 50.9 Å². The van der Waals surface area contributed by atoms with Gasteiger partial charge in [-0.2, -0.15) is 0 Å². The van der Waals surface area contributed by atoms with E-state index in [1.54, 1.807) is 18.5 Å². The molecular weight excluding hydrogens is 248 g/mol. The van der Waals surface area contributed by atoms with Crippen molar-refractivity contribution in [1.29, 1.82) is 0 Å². The maximum atomic E-state index is 13.7. The molecule has 0 saturated carbocycles. The molecule has 1 aromatic heterocycles. The predicted octanol–water partition coefficient (Wildman–Crippen LogP) is 2.42. The summed E-state index contributed by atoms with van der Waals surface area (Å²) in [6.45, 7) is 1.90. The first-order valence-electron chi connectivity index (χ1n) is 5.93. The summed E-state index contributed by atoms with van der Waals surface area (Å²) >= 11 is 0. The lowest BCUT2D eigenvalue weighted by Gasteiger charge is -2.18. The highest BCUT2D eigenvalue weighted by Crippen LogP contribution is 2.22. The van der Waals surface area contributed by atoms with Gasteiger partial charge in [-0.15, -0.1) is 0 Å². The second-order valence-electron chi connectivity index (χ2n) is 4.37. The van der Waals surface area contributed by atoms with Crippen LogP contribution in [0.2, 0.25) is 0 Å². The van der Waals surface area contributed by atoms with Gasteiger partial charge in [0.25, 0.3) is 0 Å². The number of benzene rings is 1. The van der Waals surface area contributed by atoms with Gasteiger partial charge in [-0.25, -0.2) is 8.78 Å². The quantitative estimate of drug-likeness (QED) is 0.658. The molecule has 0 saturated heterocycles. The lowest BCUT2D eigenvalue weighted by Crippen LogP contribution is -2.30. The molecule has 0 spiro atoms. The minimum atomic E-state index is -0.847. The number of pyridine rings is 1. The fourth-order valence-corrected chi connectivity index (χ4v) is 2.06. The van der Waals surface area contributed by atoms with Gasteiger partial charge in [0.15, 0.2) is 11.6 Å². The molecule has 5 heteroatoms. The number of hydrogen-bond donors (Lipinski definition) is 2. The fraction of sp³-hybridized carbons (Fsp3) is 0.214. The third-order valence-electron chi connectivity index (χ3n) is 3.10. The lowest BCUT2D eigenvalue weighted by atomic mass is 9.97. The highest BCUT2D eigenvalue weighted by Gasteiger charge is 2.16. The Morgan fingerprint density at radius 1 is 1.32 bits per heavy atom. The molecule has 3 nitrogen and oxygen atoms in total. The average molecular weight is 263 g/mol. The summed E-state index contributed by atoms with van der Waals surface area (Å²) in [6, 6.07) is 5.66. The molecule has 2 aromatic rings. The smallest absolute Gasteiger partial charge is 0.162 e. The minimum Gasteiger partial charge on any atom is -0.271 e. The molecule has 100 valence electrons. The first-order chi connectivity index (χ1) is 9.13. The Morgan fingerprint density at radius 2 is 2.11 bits per heavy atom. The zero-order valence-electron chi connectivity index (χ0n) is 10.5. The zero-order chi connectivity index (χ0) is 13.8. The Bertz CT molecular complexity index is 572. The molecule has 1 heterocycles. The molecule has 0 fully saturated rings. The van der Waals surface area contributed by atoms with E-state index in [1.165, 1.54) is 6.07 Å². The van der Waals surface area contributed by atoms with Crippen LogP contribution in [0.4, 0.5) is 8.78 Å². The Balaban J connectivity index is 2.30. The van der Waals surface area contributed by atoms with Crippen LogP contribution in [-0.4, -0.2) is 4.98 Å². The van der Waals surface area contributed by atoms with Crippen LogP contribution >= 0.6 is 0 Å². The molecule has 19 heavy (non-hydrogen) atoms. The van der Waals surface area contributed by atoms with Gasteiger partial charge in [0, 0.05) is 12.4 Å². The van der Waals surface area contributed by atoms with Gasteiger partial charge in [0.05, 0.1) is 6.04 Å². The van der Waals surface area contributed by atoms with E-state index in [9.17, 15) is 8.78 Å². The van der Waals surface area contributed by atoms with Gasteiger partial charge in [-0.05, 0) is 42.2 Å². The lowest BCUT2D eigenvalue weighted by molar-refractivity contribution is 0.480. The molecule has 3 N–H and O–H groups in total. The maximum absolute atomic E-state index is 13.7. The molecule has 1 unspecified atom stereocenters. The van der Waals surface area contributed by atoms with Crippen LogP contribution < -0.4 is 11.3 Å². The fourth-order valence-electron chi connectivity index (χ4n) is 2.06. The monoisotopic (exact) mass is 263 g/mol. The molecule has 0 aliphatic heterocycles. The summed E-state index contributed by atoms with van der Waals surface area (Å²) < 4.78 is 26.8. The Hall–Kier alpha value is -1.85. The van der Waals surface area contributed by atoms with Crippen molar-refractivity contribution in [2.75, 3.05) is 0 Å². The van der Waals surface area contributed by atoms with Crippen LogP contribution in [0.15, 0.2) is 36.7 Å². The van der Waals surface area contributed by atoms with E-state index in [0.29, 0.717) is 5.56 Å². The van der Waals surface area contributed by atoms with Crippen molar-refractivity contribution >= 4 is 0 Å². The van der Waals surface area contributed by atoms with Gasteiger partial charge in [-0.3, -0.25) is 16.3 Å². The summed E-state index contributed by atoms with van der Waals surface area (Å²) in [7, 11) is 0. The predicted molar refractivity (Wildman–Crippen MR) is 69.1 cm³/mol. The molecule has 0 amide bonds. The first kappa shape index (κ1) is 13.6. The number of halogens is 2. The van der Waals surface area contributed by atoms with Gasteiger partial charge in [-0.1, -0.05) is 12.1 Å². The van der Waals surface area contributed by atoms with Crippen molar-refractivity contribution in [2.45, 2.75) is 19.4 Å². The van der Waals surface area contributed by atoms with Crippen molar-refractivity contribution in [3.8, 4) is 0 Å². The largest absolute Gasteiger partial charge is 0.271 e. The van der Waals surface area contributed by atoms with E-state index >= 15 is 0 Å². The minimum absolute atomic E-state index is 0.269. The summed E-state index contributed by atoms with van der Waals surface area (Å²) in [6.07, 6.45) is 3.63. The second-order valence-corrected chi connectivity index (χ2v) is 4.37. The summed E-state index contributed by atoms with van der Waals surface area (Å²) in [5, 5.41) is 0. The normalized spacial score (nSPS) is 12.4. The number of aromatic nitrogens is 1. The summed E-state index contributed by atoms with van der Waals surface area (Å²) in [5.74, 6) is 3.85. The molecule has 0 bridgehead atoms. The van der Waals surface area contributed by atoms with Crippen LogP contribution in [0.3, 0.4) is 0 Å². The van der Waals surface area contributed by atoms with Crippen molar-refractivity contribution in [1.82, 2.24) is 10.4 Å². The maximum Gasteiger partial charge on any atom is 0.162 e. The summed E-state index contributed by atoms with van der Waals surface area (Å²) in [4.78, 5) is 4.00. The van der Waals surface area contributed by atoms with Crippen molar-refractivity contribution in [2.24, 2.45) is 5.84 Å². The van der Waals surface area contributed by atoms with E-state index in [0.717, 1.165) is 17.2 Å². The van der Waals surface area contributed by atoms with Crippen LogP contribution in [0.1, 0.15) is 22.7 Å². The highest BCUT2D eigenvalue weighted by molar-refractivity contribution is 5.28. The third kappa shape index (κ3) is 2.94. The Kier molecular flexibility index (Phi) is 4.19. The number of hydrogen-bond acceptors (Lipinski definition) is 3. The van der Waals surface area contributed by atoms with E-state index in [1.807, 2.05) is 13.0 Å². The Morgan fingerprint density at radius 3 is 2.79 bits per heavy atom. The number of nitrogens with one attached hydrogen (secondary N) is 1. The van der Waals surface area contributed by atoms with Gasteiger partial charge >= 0.3 is 0 Å². The molecule has 0 aliphatic rings. The van der Waals surface area contributed by atoms with Crippen LogP contribution in [-0.2, 0) is 6.42 Å². The average Bonchev–Trinajstić information content (AvgIpc) is 2.41. The number of aryl methyl sites for hydroxylation is 1. The van der Waals surface area contributed by atoms with E-state index in [2.05, 4.69) is 10.4 Å². The Labute approximate surface area is 110 Å². The van der Waals surface area contributed by atoms with Gasteiger partial charge in [0.2, 0.25) is 0 Å². The van der Waals surface area contributed by atoms with Gasteiger partial charge < -0.3 is 0 Å². The van der Waals surface area contributed by atoms with Gasteiger partial charge in [0.1, 0.15) is 0 Å². The molecule has 2 rings (SSSR count). The molecule has 0 radical (unpaired) electrons. The van der Waals surface area contributed by atoms with Crippen LogP contribution in [0.25, 0.3) is 0 Å². The third-order valence-corrected chi connectivity index (χ3v) is 3.10. The number of rotatable bonds is 4. The molecular formula is C14H15F2N3. The summed E-state index contributed by atoms with van der Waals surface area (Å²) in [5.41, 5.74) is 4.79. The van der Waals surface area contributed by atoms with Crippen molar-refractivity contribution < 1.29 is 8.78 Å². The number of nitrogens with zero attached hydrogens (tertiary/aromatic N) is 1. The molecule has 1 atom stereocenters. The standard InChI is InChI=1S/C14H15F2N3/c1-9-8-18-6-5-11(9)13(19-17)7-10-3-2-4-12(15)14(10)16/h2-6,8,13,19H,7,17H2,1H3. The van der Waals surface area contributed by atoms with E-state index in [4.69, 9.17) is 5.84 Å². The molecule has 0 aliphatic carbocycles. The molecule has 1 aromatic carbocycles. The van der Waals surface area contributed by atoms with Crippen molar-refractivity contribution in [3.63, 3.8) is 0 Å². The number of nitrogens with two attached hydrogens (primary N) is 1. The highest BCUT2D eigenvalue weighted by atomic mass is 19.2. The van der Waals surface area contributed by atoms with Crippen molar-refractivity contribution in [3.05, 3.63) is 65.0 Å². The van der Waals surface area contributed by atoms with E-state index in [-0.39, 0.29) is 12.5 Å². The first-order valence-corrected chi connectivity index (χ1v) is 5.93. The number of hydrazine groups is 1. The second kappa shape index (κ2) is 5.86. The van der Waals surface area contributed by atoms with Crippen LogP contribution in [0.5, 0.6) is 0 Å². The van der Waals surface area contributed by atoms with Crippen LogP contribution in [0, 0.1) is 18.6 Å². The zero-order valence-corrected chi connectivity index (χ0v) is 10.5. The van der Waals surface area contributed by atoms with E-state index < -0.39 is 11.6 Å². The SMILES string of the molecule is Cc1cnccc1C(Cc1cccc(F)c1F)NN.